The Morgan fingerprint density at radius 1 is 0.386 bits per heavy atom. The van der Waals surface area contributed by atoms with E-state index in [1.54, 1.807) is 0 Å². The van der Waals surface area contributed by atoms with Gasteiger partial charge in [0.25, 0.3) is 0 Å². The van der Waals surface area contributed by atoms with Crippen LogP contribution < -0.4 is 0 Å². The highest BCUT2D eigenvalue weighted by Crippen LogP contribution is 2.53. The van der Waals surface area contributed by atoms with Gasteiger partial charge in [0.2, 0.25) is 0 Å². The van der Waals surface area contributed by atoms with Crippen LogP contribution in [0.2, 0.25) is 0 Å². The smallest absolute Gasteiger partial charge is 0.0159 e. The first-order valence-electron chi connectivity index (χ1n) is 15.6. The van der Waals surface area contributed by atoms with E-state index in [0.29, 0.717) is 0 Å². The third-order valence-corrected chi connectivity index (χ3v) is 10.1. The van der Waals surface area contributed by atoms with Gasteiger partial charge in [-0.05, 0) is 113 Å². The first-order chi connectivity index (χ1) is 21.5. The van der Waals surface area contributed by atoms with Gasteiger partial charge in [-0.1, -0.05) is 141 Å². The van der Waals surface area contributed by atoms with E-state index >= 15 is 0 Å². The lowest BCUT2D eigenvalue weighted by molar-refractivity contribution is 0.661. The van der Waals surface area contributed by atoms with Crippen LogP contribution in [0.1, 0.15) is 30.5 Å². The van der Waals surface area contributed by atoms with Crippen molar-refractivity contribution in [3.05, 3.63) is 156 Å². The zero-order chi connectivity index (χ0) is 29.6. The molecule has 0 radical (unpaired) electrons. The first-order valence-corrected chi connectivity index (χ1v) is 15.6. The number of benzene rings is 8. The van der Waals surface area contributed by atoms with Crippen molar-refractivity contribution in [2.24, 2.45) is 0 Å². The van der Waals surface area contributed by atoms with E-state index in [2.05, 4.69) is 160 Å². The molecule has 208 valence electrons. The maximum Gasteiger partial charge on any atom is 0.0159 e. The van der Waals surface area contributed by atoms with E-state index < -0.39 is 0 Å². The zero-order valence-electron chi connectivity index (χ0n) is 25.3. The van der Waals surface area contributed by atoms with Gasteiger partial charge in [0.15, 0.2) is 0 Å². The van der Waals surface area contributed by atoms with Crippen molar-refractivity contribution < 1.29 is 0 Å². The minimum Gasteiger partial charge on any atom is -0.0619 e. The molecule has 0 nitrogen and oxygen atoms in total. The summed E-state index contributed by atoms with van der Waals surface area (Å²) in [5, 5.41) is 10.4. The summed E-state index contributed by atoms with van der Waals surface area (Å²) in [5.41, 5.74) is 11.9. The molecule has 9 rings (SSSR count). The molecule has 0 fully saturated rings. The first kappa shape index (κ1) is 25.3. The van der Waals surface area contributed by atoms with Crippen LogP contribution in [0, 0.1) is 6.92 Å². The van der Waals surface area contributed by atoms with Gasteiger partial charge >= 0.3 is 0 Å². The van der Waals surface area contributed by atoms with Crippen LogP contribution >= 0.6 is 0 Å². The van der Waals surface area contributed by atoms with Crippen LogP contribution in [0.15, 0.2) is 140 Å². The summed E-state index contributed by atoms with van der Waals surface area (Å²) in [5.74, 6) is 0. The second-order valence-corrected chi connectivity index (χ2v) is 13.0. The molecule has 0 aromatic heterocycles. The van der Waals surface area contributed by atoms with Crippen molar-refractivity contribution in [1.82, 2.24) is 0 Å². The van der Waals surface area contributed by atoms with E-state index in [-0.39, 0.29) is 5.41 Å². The number of aryl methyl sites for hydroxylation is 1. The molecule has 0 N–H and O–H groups in total. The number of rotatable bonds is 2. The zero-order valence-corrected chi connectivity index (χ0v) is 25.3. The minimum absolute atomic E-state index is 0.0848. The fourth-order valence-electron chi connectivity index (χ4n) is 7.95. The molecule has 0 saturated carbocycles. The summed E-state index contributed by atoms with van der Waals surface area (Å²) in [7, 11) is 0. The van der Waals surface area contributed by atoms with Gasteiger partial charge in [-0.2, -0.15) is 0 Å². The fraction of sp³-hybridized carbons (Fsp3) is 0.0909. The quantitative estimate of drug-likeness (QED) is 0.146. The molecular formula is C44H32. The molecule has 1 aliphatic carbocycles. The third kappa shape index (κ3) is 3.46. The molecule has 8 aromatic carbocycles. The molecule has 0 bridgehead atoms. The van der Waals surface area contributed by atoms with Crippen molar-refractivity contribution in [2.45, 2.75) is 26.2 Å². The Bertz CT molecular complexity index is 2460. The summed E-state index contributed by atoms with van der Waals surface area (Å²) < 4.78 is 0. The van der Waals surface area contributed by atoms with Crippen LogP contribution in [0.4, 0.5) is 0 Å². The summed E-state index contributed by atoms with van der Waals surface area (Å²) >= 11 is 0. The van der Waals surface area contributed by atoms with E-state index in [9.17, 15) is 0 Å². The van der Waals surface area contributed by atoms with Gasteiger partial charge < -0.3 is 0 Å². The summed E-state index contributed by atoms with van der Waals surface area (Å²) in [6, 6.07) is 52.3. The number of hydrogen-bond donors (Lipinski definition) is 0. The Hall–Kier alpha value is -5.20. The van der Waals surface area contributed by atoms with Crippen LogP contribution in [0.3, 0.4) is 0 Å². The lowest BCUT2D eigenvalue weighted by Crippen LogP contribution is -2.14. The van der Waals surface area contributed by atoms with Crippen molar-refractivity contribution in [1.29, 1.82) is 0 Å². The van der Waals surface area contributed by atoms with E-state index in [0.717, 1.165) is 0 Å². The molecule has 0 unspecified atom stereocenters. The van der Waals surface area contributed by atoms with E-state index in [4.69, 9.17) is 0 Å². The highest BCUT2D eigenvalue weighted by atomic mass is 14.4. The summed E-state index contributed by atoms with van der Waals surface area (Å²) in [6.45, 7) is 6.94. The molecule has 0 atom stereocenters. The molecule has 0 saturated heterocycles. The normalized spacial score (nSPS) is 13.5. The average molecular weight is 561 g/mol. The highest BCUT2D eigenvalue weighted by molar-refractivity contribution is 6.26. The van der Waals surface area contributed by atoms with Crippen molar-refractivity contribution >= 4 is 43.1 Å². The number of hydrogen-bond acceptors (Lipinski definition) is 0. The molecule has 1 aliphatic rings. The number of fused-ring (bicyclic) bond motifs is 8. The van der Waals surface area contributed by atoms with Gasteiger partial charge in [0.1, 0.15) is 0 Å². The molecule has 0 heterocycles. The summed E-state index contributed by atoms with van der Waals surface area (Å²) in [4.78, 5) is 0. The minimum atomic E-state index is -0.0848. The average Bonchev–Trinajstić information content (AvgIpc) is 3.28. The Kier molecular flexibility index (Phi) is 5.26. The molecule has 0 spiro atoms. The van der Waals surface area contributed by atoms with Crippen molar-refractivity contribution in [3.8, 4) is 33.4 Å². The Labute approximate surface area is 258 Å². The fourth-order valence-corrected chi connectivity index (χ4v) is 7.95. The van der Waals surface area contributed by atoms with Gasteiger partial charge in [0, 0.05) is 5.41 Å². The maximum atomic E-state index is 2.54. The molecule has 0 heteroatoms. The SMILES string of the molecule is Cc1ccc(-c2c3ccccc3c(-c3cc4ccccc4c4ccccc34)c3cc4c(cc23)-c2ccccc2C4(C)C)cc1. The lowest BCUT2D eigenvalue weighted by Gasteiger charge is -2.24. The van der Waals surface area contributed by atoms with Crippen LogP contribution in [0.25, 0.3) is 76.5 Å². The molecular weight excluding hydrogens is 528 g/mol. The van der Waals surface area contributed by atoms with Crippen LogP contribution in [-0.4, -0.2) is 0 Å². The van der Waals surface area contributed by atoms with Gasteiger partial charge in [-0.15, -0.1) is 0 Å². The molecule has 8 aromatic rings. The Balaban J connectivity index is 1.52. The molecule has 0 aliphatic heterocycles. The molecule has 44 heavy (non-hydrogen) atoms. The monoisotopic (exact) mass is 560 g/mol. The maximum absolute atomic E-state index is 2.54. The van der Waals surface area contributed by atoms with Crippen molar-refractivity contribution in [3.63, 3.8) is 0 Å². The summed E-state index contributed by atoms with van der Waals surface area (Å²) in [6.07, 6.45) is 0. The van der Waals surface area contributed by atoms with Crippen LogP contribution in [-0.2, 0) is 5.41 Å². The molecule has 0 amide bonds. The lowest BCUT2D eigenvalue weighted by atomic mass is 9.79. The Morgan fingerprint density at radius 2 is 0.977 bits per heavy atom. The second kappa shape index (κ2) is 9.15. The second-order valence-electron chi connectivity index (χ2n) is 13.0. The van der Waals surface area contributed by atoms with E-state index in [1.165, 1.54) is 93.2 Å². The van der Waals surface area contributed by atoms with Gasteiger partial charge in [-0.25, -0.2) is 0 Å². The van der Waals surface area contributed by atoms with E-state index in [1.807, 2.05) is 0 Å². The van der Waals surface area contributed by atoms with Crippen LogP contribution in [0.5, 0.6) is 0 Å². The largest absolute Gasteiger partial charge is 0.0619 e. The van der Waals surface area contributed by atoms with Gasteiger partial charge in [0.05, 0.1) is 0 Å². The van der Waals surface area contributed by atoms with Crippen molar-refractivity contribution in [2.75, 3.05) is 0 Å². The Morgan fingerprint density at radius 3 is 1.75 bits per heavy atom. The predicted molar refractivity (Wildman–Crippen MR) is 190 cm³/mol. The van der Waals surface area contributed by atoms with Gasteiger partial charge in [-0.3, -0.25) is 0 Å². The third-order valence-electron chi connectivity index (χ3n) is 10.1. The predicted octanol–water partition coefficient (Wildman–Crippen LogP) is 12.2. The highest BCUT2D eigenvalue weighted by Gasteiger charge is 2.36. The topological polar surface area (TPSA) is 0 Å². The standard InChI is InChI=1S/C44H32/c1-27-20-22-28(23-21-27)42-34-17-8-9-18-35(34)43(37-24-29-12-4-5-13-30(29)31-14-6-7-15-32(31)37)39-26-41-36(25-38(39)42)33-16-10-11-19-40(33)44(41,2)3/h4-26H,1-3H3.